The summed E-state index contributed by atoms with van der Waals surface area (Å²) in [6.45, 7) is -0.284. The minimum atomic E-state index is -0.534. The summed E-state index contributed by atoms with van der Waals surface area (Å²) in [7, 11) is 0. The smallest absolute Gasteiger partial charge is 0.306 e. The van der Waals surface area contributed by atoms with Crippen LogP contribution in [0.5, 0.6) is 11.5 Å². The van der Waals surface area contributed by atoms with Gasteiger partial charge in [0.1, 0.15) is 0 Å². The maximum absolute atomic E-state index is 12.1. The summed E-state index contributed by atoms with van der Waals surface area (Å²) < 4.78 is 17.2. The normalized spacial score (nSPS) is 22.0. The van der Waals surface area contributed by atoms with Crippen molar-refractivity contribution in [1.29, 1.82) is 0 Å². The summed E-state index contributed by atoms with van der Waals surface area (Å²) in [6, 6.07) is 5.35. The molecule has 1 amide bonds. The van der Waals surface area contributed by atoms with Crippen LogP contribution in [0.25, 0.3) is 0 Å². The van der Waals surface area contributed by atoms with E-state index in [1.54, 1.807) is 12.1 Å². The molecule has 1 saturated carbocycles. The van der Waals surface area contributed by atoms with Crippen molar-refractivity contribution >= 4 is 17.6 Å². The molecule has 1 aliphatic heterocycles. The summed E-state index contributed by atoms with van der Waals surface area (Å²) in [6.07, 6.45) is 11.6. The first kappa shape index (κ1) is 17.9. The minimum Gasteiger partial charge on any atom is -0.456 e. The molecule has 1 N–H and O–H groups in total. The molecule has 0 aromatic heterocycles. The van der Waals surface area contributed by atoms with Crippen LogP contribution in [0.1, 0.15) is 51.4 Å². The number of amides is 1. The average molecular weight is 371 g/mol. The average Bonchev–Trinajstić information content (AvgIpc) is 3.27. The Morgan fingerprint density at radius 3 is 2.74 bits per heavy atom. The third-order valence-corrected chi connectivity index (χ3v) is 5.34. The van der Waals surface area contributed by atoms with Crippen LogP contribution in [0.15, 0.2) is 30.4 Å². The number of allylic oxidation sites excluding steroid dienone is 2. The molecule has 0 radical (unpaired) electrons. The number of benzene rings is 1. The quantitative estimate of drug-likeness (QED) is 0.626. The van der Waals surface area contributed by atoms with Crippen LogP contribution < -0.4 is 14.8 Å². The number of carbonyl (C=O) groups excluding carboxylic acids is 2. The Labute approximate surface area is 158 Å². The summed E-state index contributed by atoms with van der Waals surface area (Å²) >= 11 is 0. The molecule has 1 aromatic rings. The van der Waals surface area contributed by atoms with E-state index in [1.165, 1.54) is 6.42 Å². The highest BCUT2D eigenvalue weighted by Crippen LogP contribution is 2.46. The Bertz CT molecular complexity index is 751. The van der Waals surface area contributed by atoms with Gasteiger partial charge in [0.25, 0.3) is 11.7 Å². The lowest BCUT2D eigenvalue weighted by Crippen LogP contribution is -2.40. The Morgan fingerprint density at radius 1 is 1.15 bits per heavy atom. The molecule has 1 heterocycles. The number of anilines is 1. The molecule has 1 fully saturated rings. The molecular weight excluding hydrogens is 346 g/mol. The van der Waals surface area contributed by atoms with Gasteiger partial charge in [-0.3, -0.25) is 9.59 Å². The van der Waals surface area contributed by atoms with Crippen molar-refractivity contribution in [2.45, 2.75) is 57.2 Å². The lowest BCUT2D eigenvalue weighted by Gasteiger charge is -2.31. The van der Waals surface area contributed by atoms with Crippen LogP contribution in [0, 0.1) is 5.92 Å². The maximum Gasteiger partial charge on any atom is 0.306 e. The van der Waals surface area contributed by atoms with E-state index in [2.05, 4.69) is 11.4 Å². The predicted molar refractivity (Wildman–Crippen MR) is 99.6 cm³/mol. The Hall–Kier alpha value is -2.50. The van der Waals surface area contributed by atoms with Crippen LogP contribution >= 0.6 is 0 Å². The Morgan fingerprint density at radius 2 is 1.96 bits per heavy atom. The fourth-order valence-corrected chi connectivity index (χ4v) is 3.95. The lowest BCUT2D eigenvalue weighted by molar-refractivity contribution is -0.147. The number of hydrogen-bond acceptors (Lipinski definition) is 5. The molecule has 1 spiro atoms. The molecule has 1 atom stereocenters. The molecule has 6 nitrogen and oxygen atoms in total. The molecule has 2 aliphatic carbocycles. The highest BCUT2D eigenvalue weighted by atomic mass is 16.7. The molecule has 0 bridgehead atoms. The SMILES string of the molecule is O=C(COC(=O)C[C@H]1C=CCC1)Nc1ccc2c(c1)OC1(CCCCC1)O2. The zero-order valence-corrected chi connectivity index (χ0v) is 15.4. The maximum atomic E-state index is 12.1. The molecule has 4 rings (SSSR count). The van der Waals surface area contributed by atoms with Crippen molar-refractivity contribution in [3.05, 3.63) is 30.4 Å². The van der Waals surface area contributed by atoms with E-state index in [0.717, 1.165) is 38.5 Å². The topological polar surface area (TPSA) is 73.9 Å². The largest absolute Gasteiger partial charge is 0.456 e. The van der Waals surface area contributed by atoms with Crippen molar-refractivity contribution in [1.82, 2.24) is 0 Å². The summed E-state index contributed by atoms with van der Waals surface area (Å²) in [5, 5.41) is 2.75. The Balaban J connectivity index is 1.27. The van der Waals surface area contributed by atoms with E-state index in [-0.39, 0.29) is 24.4 Å². The Kier molecular flexibility index (Phi) is 5.05. The van der Waals surface area contributed by atoms with Crippen LogP contribution in [-0.4, -0.2) is 24.3 Å². The fraction of sp³-hybridized carbons (Fsp3) is 0.524. The van der Waals surface area contributed by atoms with Gasteiger partial charge in [-0.2, -0.15) is 0 Å². The number of carbonyl (C=O) groups is 2. The van der Waals surface area contributed by atoms with Gasteiger partial charge in [0, 0.05) is 24.6 Å². The number of nitrogens with one attached hydrogen (secondary N) is 1. The minimum absolute atomic E-state index is 0.238. The fourth-order valence-electron chi connectivity index (χ4n) is 3.95. The summed E-state index contributed by atoms with van der Waals surface area (Å²) in [5.74, 6) is 0.364. The van der Waals surface area contributed by atoms with Crippen LogP contribution in [0.2, 0.25) is 0 Å². The molecule has 6 heteroatoms. The third kappa shape index (κ3) is 4.26. The lowest BCUT2D eigenvalue weighted by atomic mass is 9.94. The highest BCUT2D eigenvalue weighted by molar-refractivity contribution is 5.93. The van der Waals surface area contributed by atoms with E-state index in [9.17, 15) is 9.59 Å². The van der Waals surface area contributed by atoms with E-state index in [1.807, 2.05) is 12.1 Å². The van der Waals surface area contributed by atoms with Gasteiger partial charge in [-0.05, 0) is 43.7 Å². The van der Waals surface area contributed by atoms with Crippen molar-refractivity contribution in [3.8, 4) is 11.5 Å². The van der Waals surface area contributed by atoms with E-state index >= 15 is 0 Å². The van der Waals surface area contributed by atoms with Gasteiger partial charge < -0.3 is 19.5 Å². The molecule has 144 valence electrons. The molecule has 27 heavy (non-hydrogen) atoms. The van der Waals surface area contributed by atoms with Gasteiger partial charge >= 0.3 is 5.97 Å². The van der Waals surface area contributed by atoms with E-state index < -0.39 is 5.79 Å². The van der Waals surface area contributed by atoms with E-state index in [0.29, 0.717) is 23.6 Å². The van der Waals surface area contributed by atoms with Crippen LogP contribution in [0.4, 0.5) is 5.69 Å². The molecular formula is C21H25NO5. The van der Waals surface area contributed by atoms with Crippen molar-refractivity contribution < 1.29 is 23.8 Å². The second-order valence-corrected chi connectivity index (χ2v) is 7.52. The van der Waals surface area contributed by atoms with E-state index in [4.69, 9.17) is 14.2 Å². The second-order valence-electron chi connectivity index (χ2n) is 7.52. The number of rotatable bonds is 5. The van der Waals surface area contributed by atoms with Crippen LogP contribution in [-0.2, 0) is 14.3 Å². The first-order chi connectivity index (χ1) is 13.1. The van der Waals surface area contributed by atoms with Gasteiger partial charge in [-0.15, -0.1) is 0 Å². The molecule has 0 saturated heterocycles. The zero-order valence-electron chi connectivity index (χ0n) is 15.4. The van der Waals surface area contributed by atoms with Crippen molar-refractivity contribution in [3.63, 3.8) is 0 Å². The summed E-state index contributed by atoms with van der Waals surface area (Å²) in [5.41, 5.74) is 0.602. The number of esters is 1. The predicted octanol–water partition coefficient (Wildman–Crippen LogP) is 3.96. The number of fused-ring (bicyclic) bond motifs is 1. The first-order valence-electron chi connectivity index (χ1n) is 9.76. The highest BCUT2D eigenvalue weighted by Gasteiger charge is 2.42. The van der Waals surface area contributed by atoms with Crippen molar-refractivity contribution in [2.24, 2.45) is 5.92 Å². The van der Waals surface area contributed by atoms with Gasteiger partial charge in [-0.1, -0.05) is 18.6 Å². The monoisotopic (exact) mass is 371 g/mol. The van der Waals surface area contributed by atoms with Crippen LogP contribution in [0.3, 0.4) is 0 Å². The van der Waals surface area contributed by atoms with Gasteiger partial charge in [0.2, 0.25) is 0 Å². The standard InChI is InChI=1S/C21H25NO5/c23-19(14-25-20(24)12-15-6-2-3-7-15)22-16-8-9-17-18(13-16)27-21(26-17)10-4-1-5-11-21/h2,6,8-9,13,15H,1,3-5,7,10-12,14H2,(H,22,23)/t15-/m0/s1. The first-order valence-corrected chi connectivity index (χ1v) is 9.76. The number of hydrogen-bond donors (Lipinski definition) is 1. The molecule has 1 aromatic carbocycles. The van der Waals surface area contributed by atoms with Gasteiger partial charge in [-0.25, -0.2) is 0 Å². The summed E-state index contributed by atoms with van der Waals surface area (Å²) in [4.78, 5) is 23.9. The molecule has 0 unspecified atom stereocenters. The van der Waals surface area contributed by atoms with Crippen molar-refractivity contribution in [2.75, 3.05) is 11.9 Å². The van der Waals surface area contributed by atoms with Gasteiger partial charge in [0.05, 0.1) is 6.42 Å². The third-order valence-electron chi connectivity index (χ3n) is 5.34. The zero-order chi connectivity index (χ0) is 18.7. The number of ether oxygens (including phenoxy) is 3. The second kappa shape index (κ2) is 7.62. The van der Waals surface area contributed by atoms with Gasteiger partial charge in [0.15, 0.2) is 18.1 Å². The molecule has 3 aliphatic rings.